The maximum Gasteiger partial charge on any atom is 0.0906 e. The van der Waals surface area contributed by atoms with Crippen LogP contribution < -0.4 is 0 Å². The summed E-state index contributed by atoms with van der Waals surface area (Å²) in [6.45, 7) is 0. The van der Waals surface area contributed by atoms with E-state index in [0.717, 1.165) is 100 Å². The number of benzene rings is 4. The Bertz CT molecular complexity index is 3120. The van der Waals surface area contributed by atoms with Crippen molar-refractivity contribution in [2.45, 2.75) is 0 Å². The minimum absolute atomic E-state index is 0.736. The van der Waals surface area contributed by atoms with Gasteiger partial charge < -0.3 is 0 Å². The maximum absolute atomic E-state index is 4.89. The molecule has 6 nitrogen and oxygen atoms in total. The van der Waals surface area contributed by atoms with Gasteiger partial charge in [-0.05, 0) is 119 Å². The summed E-state index contributed by atoms with van der Waals surface area (Å²) in [6.07, 6.45) is 7.07. The number of pyridine rings is 6. The van der Waals surface area contributed by atoms with Crippen LogP contribution in [0, 0.1) is 35.5 Å². The summed E-state index contributed by atoms with van der Waals surface area (Å²) in [5, 5.41) is 4.12. The second kappa shape index (κ2) is 17.1. The Balaban J connectivity index is 0.983. The highest BCUT2D eigenvalue weighted by molar-refractivity contribution is 5.95. The third-order valence-electron chi connectivity index (χ3n) is 10.2. The van der Waals surface area contributed by atoms with Crippen LogP contribution in [0.15, 0.2) is 195 Å². The van der Waals surface area contributed by atoms with Crippen LogP contribution in [0.5, 0.6) is 0 Å². The Hall–Kier alpha value is -9.02. The van der Waals surface area contributed by atoms with Gasteiger partial charge in [0.15, 0.2) is 0 Å². The van der Waals surface area contributed by atoms with E-state index in [1.54, 1.807) is 24.8 Å². The minimum Gasteiger partial charge on any atom is -0.255 e. The van der Waals surface area contributed by atoms with E-state index >= 15 is 0 Å². The molecule has 6 heteroatoms. The van der Waals surface area contributed by atoms with Gasteiger partial charge in [-0.3, -0.25) is 19.9 Å². The normalized spacial score (nSPS) is 10.5. The Labute approximate surface area is 359 Å². The van der Waals surface area contributed by atoms with Gasteiger partial charge in [0, 0.05) is 58.2 Å². The molecular formula is C56H32N6. The molecule has 0 N–H and O–H groups in total. The van der Waals surface area contributed by atoms with Crippen LogP contribution in [0.4, 0.5) is 0 Å². The SMILES string of the molecule is C(#Cc1ccc(C#Cc2ccc(C#Cc3cc(-c4ccccn4)nc(-c4ccccn4)c3)c3ccccc23)c2ccccc12)c1cc(-c2ccccn2)nc(-c2ccccn2)c1. The predicted octanol–water partition coefficient (Wildman–Crippen LogP) is 11.2. The summed E-state index contributed by atoms with van der Waals surface area (Å²) in [6, 6.07) is 55.8. The molecule has 6 heterocycles. The molecule has 286 valence electrons. The van der Waals surface area contributed by atoms with Crippen LogP contribution in [0.25, 0.3) is 67.1 Å². The summed E-state index contributed by atoms with van der Waals surface area (Å²) in [7, 11) is 0. The molecule has 0 atom stereocenters. The van der Waals surface area contributed by atoms with Crippen molar-refractivity contribution in [2.75, 3.05) is 0 Å². The molecule has 0 spiro atoms. The predicted molar refractivity (Wildman–Crippen MR) is 247 cm³/mol. The highest BCUT2D eigenvalue weighted by Crippen LogP contribution is 2.27. The first-order chi connectivity index (χ1) is 30.7. The largest absolute Gasteiger partial charge is 0.255 e. The van der Waals surface area contributed by atoms with E-state index < -0.39 is 0 Å². The monoisotopic (exact) mass is 788 g/mol. The summed E-state index contributed by atoms with van der Waals surface area (Å²) >= 11 is 0. The lowest BCUT2D eigenvalue weighted by Gasteiger charge is -2.06. The lowest BCUT2D eigenvalue weighted by atomic mass is 9.97. The fraction of sp³-hybridized carbons (Fsp3) is 0. The van der Waals surface area contributed by atoms with Crippen molar-refractivity contribution < 1.29 is 0 Å². The van der Waals surface area contributed by atoms with Crippen molar-refractivity contribution in [3.63, 3.8) is 0 Å². The molecule has 10 aromatic rings. The number of rotatable bonds is 4. The average molecular weight is 789 g/mol. The summed E-state index contributed by atoms with van der Waals surface area (Å²) in [5.41, 5.74) is 11.3. The molecule has 0 unspecified atom stereocenters. The average Bonchev–Trinajstić information content (AvgIpc) is 3.35. The molecular weight excluding hydrogens is 757 g/mol. The van der Waals surface area contributed by atoms with Crippen molar-refractivity contribution in [2.24, 2.45) is 0 Å². The quantitative estimate of drug-likeness (QED) is 0.165. The van der Waals surface area contributed by atoms with Gasteiger partial charge in [0.05, 0.1) is 45.6 Å². The van der Waals surface area contributed by atoms with Gasteiger partial charge in [0.1, 0.15) is 0 Å². The Morgan fingerprint density at radius 3 is 0.758 bits per heavy atom. The van der Waals surface area contributed by atoms with E-state index in [9.17, 15) is 0 Å². The third kappa shape index (κ3) is 8.02. The molecule has 0 fully saturated rings. The Kier molecular flexibility index (Phi) is 10.3. The number of hydrogen-bond donors (Lipinski definition) is 0. The molecule has 0 aliphatic heterocycles. The molecule has 0 aliphatic carbocycles. The first-order valence-corrected chi connectivity index (χ1v) is 20.0. The standard InChI is InChI=1S/C56H32N6/c1-3-15-47-43(27-25-41(45(47)13-1)23-21-39-35-53(49-17-5-9-31-57-49)61-54(36-39)50-18-6-10-32-58-50)29-30-44-28-26-42(46-14-2-4-16-48(44)46)24-22-40-37-55(51-19-7-11-33-59-51)62-56(38-40)52-20-8-12-34-60-52/h1-20,25-28,31-38H. The van der Waals surface area contributed by atoms with Gasteiger partial charge in [0.2, 0.25) is 0 Å². The van der Waals surface area contributed by atoms with Gasteiger partial charge in [-0.1, -0.05) is 108 Å². The third-order valence-corrected chi connectivity index (χ3v) is 10.2. The van der Waals surface area contributed by atoms with Gasteiger partial charge in [-0.25, -0.2) is 9.97 Å². The molecule has 0 amide bonds. The van der Waals surface area contributed by atoms with Crippen LogP contribution in [0.2, 0.25) is 0 Å². The number of aromatic nitrogens is 6. The van der Waals surface area contributed by atoms with Gasteiger partial charge >= 0.3 is 0 Å². The van der Waals surface area contributed by atoms with Crippen molar-refractivity contribution in [1.29, 1.82) is 0 Å². The van der Waals surface area contributed by atoms with Gasteiger partial charge in [0.25, 0.3) is 0 Å². The van der Waals surface area contributed by atoms with Crippen molar-refractivity contribution in [3.05, 3.63) is 228 Å². The van der Waals surface area contributed by atoms with Gasteiger partial charge in [-0.2, -0.15) is 0 Å². The molecule has 0 bridgehead atoms. The lowest BCUT2D eigenvalue weighted by molar-refractivity contribution is 1.21. The molecule has 0 radical (unpaired) electrons. The summed E-state index contributed by atoms with van der Waals surface area (Å²) in [5.74, 6) is 20.7. The fourth-order valence-corrected chi connectivity index (χ4v) is 7.24. The number of hydrogen-bond acceptors (Lipinski definition) is 6. The zero-order chi connectivity index (χ0) is 41.5. The molecule has 0 saturated heterocycles. The second-order valence-corrected chi connectivity index (χ2v) is 14.3. The summed E-state index contributed by atoms with van der Waals surface area (Å²) in [4.78, 5) is 27.9. The molecule has 6 aromatic heterocycles. The van der Waals surface area contributed by atoms with Crippen LogP contribution in [0.3, 0.4) is 0 Å². The van der Waals surface area contributed by atoms with Crippen molar-refractivity contribution in [1.82, 2.24) is 29.9 Å². The maximum atomic E-state index is 4.89. The molecule has 0 saturated carbocycles. The topological polar surface area (TPSA) is 77.3 Å². The zero-order valence-electron chi connectivity index (χ0n) is 33.2. The molecule has 4 aromatic carbocycles. The van der Waals surface area contributed by atoms with Crippen LogP contribution in [0.1, 0.15) is 33.4 Å². The van der Waals surface area contributed by atoms with E-state index in [4.69, 9.17) is 9.97 Å². The minimum atomic E-state index is 0.736. The Morgan fingerprint density at radius 1 is 0.242 bits per heavy atom. The lowest BCUT2D eigenvalue weighted by Crippen LogP contribution is -1.94. The number of fused-ring (bicyclic) bond motifs is 2. The van der Waals surface area contributed by atoms with Gasteiger partial charge in [-0.15, -0.1) is 0 Å². The molecule has 62 heavy (non-hydrogen) atoms. The van der Waals surface area contributed by atoms with E-state index in [0.29, 0.717) is 0 Å². The van der Waals surface area contributed by atoms with Crippen LogP contribution in [-0.2, 0) is 0 Å². The summed E-state index contributed by atoms with van der Waals surface area (Å²) < 4.78 is 0. The Morgan fingerprint density at radius 2 is 0.500 bits per heavy atom. The highest BCUT2D eigenvalue weighted by Gasteiger charge is 2.11. The smallest absolute Gasteiger partial charge is 0.0906 e. The van der Waals surface area contributed by atoms with Crippen molar-refractivity contribution in [3.8, 4) is 81.1 Å². The van der Waals surface area contributed by atoms with Crippen LogP contribution in [-0.4, -0.2) is 29.9 Å². The molecule has 10 rings (SSSR count). The second-order valence-electron chi connectivity index (χ2n) is 14.3. The van der Waals surface area contributed by atoms with E-state index in [-0.39, 0.29) is 0 Å². The van der Waals surface area contributed by atoms with E-state index in [2.05, 4.69) is 91.9 Å². The first kappa shape index (κ1) is 37.3. The van der Waals surface area contributed by atoms with E-state index in [1.165, 1.54) is 0 Å². The first-order valence-electron chi connectivity index (χ1n) is 20.0. The van der Waals surface area contributed by atoms with E-state index in [1.807, 2.05) is 133 Å². The zero-order valence-corrected chi connectivity index (χ0v) is 33.2. The molecule has 0 aliphatic rings. The van der Waals surface area contributed by atoms with Crippen molar-refractivity contribution >= 4 is 21.5 Å². The highest BCUT2D eigenvalue weighted by atomic mass is 14.8. The number of nitrogens with zero attached hydrogens (tertiary/aromatic N) is 6. The fourth-order valence-electron chi connectivity index (χ4n) is 7.24. The van der Waals surface area contributed by atoms with Crippen LogP contribution >= 0.6 is 0 Å².